The van der Waals surface area contributed by atoms with E-state index in [0.29, 0.717) is 17.8 Å². The second kappa shape index (κ2) is 9.05. The molecular weight excluding hydrogens is 294 g/mol. The van der Waals surface area contributed by atoms with Crippen LogP contribution < -0.4 is 15.5 Å². The van der Waals surface area contributed by atoms with Crippen molar-refractivity contribution in [3.05, 3.63) is 29.8 Å². The van der Waals surface area contributed by atoms with Gasteiger partial charge in [-0.05, 0) is 44.5 Å². The van der Waals surface area contributed by atoms with Gasteiger partial charge in [-0.1, -0.05) is 6.92 Å². The Kier molecular flexibility index (Phi) is 7.41. The van der Waals surface area contributed by atoms with E-state index in [-0.39, 0.29) is 30.2 Å². The number of anilines is 1. The van der Waals surface area contributed by atoms with Crippen LogP contribution in [0.25, 0.3) is 0 Å². The van der Waals surface area contributed by atoms with Gasteiger partial charge in [0, 0.05) is 17.8 Å². The number of hydrogen-bond donors (Lipinski definition) is 3. The van der Waals surface area contributed by atoms with Crippen molar-refractivity contribution >= 4 is 23.3 Å². The molecule has 6 nitrogen and oxygen atoms in total. The minimum absolute atomic E-state index is 0.0153. The van der Waals surface area contributed by atoms with Crippen LogP contribution in [0.5, 0.6) is 0 Å². The maximum Gasteiger partial charge on any atom is 0.282 e. The zero-order valence-electron chi connectivity index (χ0n) is 14.2. The number of carbonyl (C=O) groups is 3. The number of carbonyl (C=O) groups excluding carboxylic acids is 3. The van der Waals surface area contributed by atoms with Gasteiger partial charge in [-0.2, -0.15) is 0 Å². The van der Waals surface area contributed by atoms with Crippen LogP contribution in [0.15, 0.2) is 24.3 Å². The molecule has 6 heteroatoms. The summed E-state index contributed by atoms with van der Waals surface area (Å²) in [5.74, 6) is -0.241. The minimum atomic E-state index is -0.366. The van der Waals surface area contributed by atoms with Crippen LogP contribution in [0.3, 0.4) is 0 Å². The lowest BCUT2D eigenvalue weighted by molar-refractivity contribution is -0.885. The third-order valence-electron chi connectivity index (χ3n) is 3.70. The van der Waals surface area contributed by atoms with Crippen molar-refractivity contribution in [1.29, 1.82) is 0 Å². The summed E-state index contributed by atoms with van der Waals surface area (Å²) in [6, 6.07) is 6.39. The van der Waals surface area contributed by atoms with Crippen LogP contribution in [0.4, 0.5) is 5.69 Å². The standard InChI is InChI=1S/C17H25N3O3/c1-5-10-18-16(22)11-20(4)12(2)17(23)19-15-8-6-14(7-9-15)13(3)21/h6-9,12H,5,10-11H2,1-4H3,(H,18,22)(H,19,23)/p+1/t12-/m1/s1. The van der Waals surface area contributed by atoms with Crippen molar-refractivity contribution in [2.45, 2.75) is 33.2 Å². The monoisotopic (exact) mass is 320 g/mol. The first-order valence-electron chi connectivity index (χ1n) is 7.86. The van der Waals surface area contributed by atoms with Crippen LogP contribution in [0, 0.1) is 0 Å². The number of rotatable bonds is 8. The van der Waals surface area contributed by atoms with Gasteiger partial charge in [0.15, 0.2) is 18.4 Å². The van der Waals surface area contributed by atoms with Gasteiger partial charge in [-0.25, -0.2) is 0 Å². The molecule has 0 fully saturated rings. The van der Waals surface area contributed by atoms with E-state index in [4.69, 9.17) is 0 Å². The molecule has 0 aliphatic rings. The molecule has 23 heavy (non-hydrogen) atoms. The van der Waals surface area contributed by atoms with Crippen LogP contribution in [0.2, 0.25) is 0 Å². The molecule has 1 aromatic carbocycles. The molecule has 0 radical (unpaired) electrons. The average Bonchev–Trinajstić information content (AvgIpc) is 2.52. The lowest BCUT2D eigenvalue weighted by Crippen LogP contribution is -3.15. The van der Waals surface area contributed by atoms with Crippen LogP contribution in [0.1, 0.15) is 37.6 Å². The Morgan fingerprint density at radius 2 is 1.78 bits per heavy atom. The van der Waals surface area contributed by atoms with Crippen molar-refractivity contribution in [3.8, 4) is 0 Å². The number of hydrogen-bond acceptors (Lipinski definition) is 3. The topological polar surface area (TPSA) is 79.7 Å². The van der Waals surface area contributed by atoms with E-state index >= 15 is 0 Å². The lowest BCUT2D eigenvalue weighted by atomic mass is 10.1. The molecule has 0 spiro atoms. The molecule has 0 heterocycles. The van der Waals surface area contributed by atoms with E-state index in [1.807, 2.05) is 14.0 Å². The third-order valence-corrected chi connectivity index (χ3v) is 3.70. The van der Waals surface area contributed by atoms with Gasteiger partial charge < -0.3 is 15.5 Å². The van der Waals surface area contributed by atoms with Crippen molar-refractivity contribution in [2.24, 2.45) is 0 Å². The first-order chi connectivity index (χ1) is 10.8. The number of nitrogens with one attached hydrogen (secondary N) is 3. The van der Waals surface area contributed by atoms with Gasteiger partial charge in [0.2, 0.25) is 0 Å². The molecule has 1 aromatic rings. The van der Waals surface area contributed by atoms with Gasteiger partial charge in [-0.3, -0.25) is 14.4 Å². The highest BCUT2D eigenvalue weighted by molar-refractivity contribution is 5.96. The Balaban J connectivity index is 2.55. The maximum atomic E-state index is 12.2. The summed E-state index contributed by atoms with van der Waals surface area (Å²) in [4.78, 5) is 36.0. The molecule has 0 aliphatic carbocycles. The zero-order chi connectivity index (χ0) is 17.4. The highest BCUT2D eigenvalue weighted by Crippen LogP contribution is 2.10. The number of quaternary nitrogens is 1. The molecule has 0 bridgehead atoms. The number of amides is 2. The lowest BCUT2D eigenvalue weighted by Gasteiger charge is -2.20. The SMILES string of the molecule is CCCNC(=O)C[NH+](C)[C@H](C)C(=O)Nc1ccc(C(C)=O)cc1. The molecule has 1 rings (SSSR count). The number of ketones is 1. The van der Waals surface area contributed by atoms with E-state index in [9.17, 15) is 14.4 Å². The number of likely N-dealkylation sites (N-methyl/N-ethyl adjacent to an activating group) is 1. The van der Waals surface area contributed by atoms with Crippen LogP contribution >= 0.6 is 0 Å². The van der Waals surface area contributed by atoms with Crippen molar-refractivity contribution in [1.82, 2.24) is 5.32 Å². The molecule has 0 aromatic heterocycles. The first kappa shape index (κ1) is 18.8. The fourth-order valence-corrected chi connectivity index (χ4v) is 2.00. The Morgan fingerprint density at radius 3 is 2.30 bits per heavy atom. The van der Waals surface area contributed by atoms with E-state index in [2.05, 4.69) is 10.6 Å². The molecular formula is C17H26N3O3+. The molecule has 3 N–H and O–H groups in total. The summed E-state index contributed by atoms with van der Waals surface area (Å²) in [7, 11) is 1.81. The predicted molar refractivity (Wildman–Crippen MR) is 89.6 cm³/mol. The quantitative estimate of drug-likeness (QED) is 0.601. The van der Waals surface area contributed by atoms with Gasteiger partial charge in [-0.15, -0.1) is 0 Å². The van der Waals surface area contributed by atoms with Crippen LogP contribution in [-0.4, -0.2) is 43.8 Å². The average molecular weight is 320 g/mol. The summed E-state index contributed by atoms with van der Waals surface area (Å²) in [6.07, 6.45) is 0.886. The molecule has 2 atom stereocenters. The third kappa shape index (κ3) is 6.20. The van der Waals surface area contributed by atoms with Crippen molar-refractivity contribution in [2.75, 3.05) is 25.5 Å². The minimum Gasteiger partial charge on any atom is -0.351 e. The molecule has 2 amide bonds. The predicted octanol–water partition coefficient (Wildman–Crippen LogP) is 0.257. The zero-order valence-corrected chi connectivity index (χ0v) is 14.2. The second-order valence-corrected chi connectivity index (χ2v) is 5.72. The maximum absolute atomic E-state index is 12.2. The van der Waals surface area contributed by atoms with Crippen LogP contribution in [-0.2, 0) is 9.59 Å². The number of Topliss-reactive ketones (excluding diaryl/α,β-unsaturated/α-hetero) is 1. The Bertz CT molecular complexity index is 555. The van der Waals surface area contributed by atoms with Gasteiger partial charge in [0.05, 0.1) is 7.05 Å². The van der Waals surface area contributed by atoms with E-state index in [1.54, 1.807) is 31.2 Å². The molecule has 126 valence electrons. The summed E-state index contributed by atoms with van der Waals surface area (Å²) in [5.41, 5.74) is 1.24. The second-order valence-electron chi connectivity index (χ2n) is 5.72. The highest BCUT2D eigenvalue weighted by Gasteiger charge is 2.23. The smallest absolute Gasteiger partial charge is 0.282 e. The molecule has 1 unspecified atom stereocenters. The van der Waals surface area contributed by atoms with E-state index < -0.39 is 0 Å². The van der Waals surface area contributed by atoms with Gasteiger partial charge in [0.25, 0.3) is 11.8 Å². The normalized spacial score (nSPS) is 13.0. The van der Waals surface area contributed by atoms with Crippen molar-refractivity contribution in [3.63, 3.8) is 0 Å². The fourth-order valence-electron chi connectivity index (χ4n) is 2.00. The Morgan fingerprint density at radius 1 is 1.17 bits per heavy atom. The largest absolute Gasteiger partial charge is 0.351 e. The Labute approximate surface area is 137 Å². The first-order valence-corrected chi connectivity index (χ1v) is 7.86. The summed E-state index contributed by atoms with van der Waals surface area (Å²) in [5, 5.41) is 5.60. The highest BCUT2D eigenvalue weighted by atomic mass is 16.2. The summed E-state index contributed by atoms with van der Waals surface area (Å²) < 4.78 is 0. The molecule has 0 saturated carbocycles. The summed E-state index contributed by atoms with van der Waals surface area (Å²) >= 11 is 0. The van der Waals surface area contributed by atoms with E-state index in [0.717, 1.165) is 11.3 Å². The molecule has 0 aliphatic heterocycles. The van der Waals surface area contributed by atoms with Gasteiger partial charge in [0.1, 0.15) is 0 Å². The molecule has 0 saturated heterocycles. The fraction of sp³-hybridized carbons (Fsp3) is 0.471. The number of benzene rings is 1. The van der Waals surface area contributed by atoms with E-state index in [1.165, 1.54) is 6.92 Å². The van der Waals surface area contributed by atoms with Gasteiger partial charge >= 0.3 is 0 Å². The Hall–Kier alpha value is -2.21. The van der Waals surface area contributed by atoms with Crippen molar-refractivity contribution < 1.29 is 19.3 Å². The summed E-state index contributed by atoms with van der Waals surface area (Å²) in [6.45, 7) is 6.16.